The van der Waals surface area contributed by atoms with Crippen molar-refractivity contribution in [3.8, 4) is 0 Å². The van der Waals surface area contributed by atoms with Crippen molar-refractivity contribution in [1.82, 2.24) is 25.4 Å². The molecule has 1 aromatic rings. The lowest BCUT2D eigenvalue weighted by atomic mass is 10.00. The van der Waals surface area contributed by atoms with Gasteiger partial charge < -0.3 is 10.6 Å². The van der Waals surface area contributed by atoms with Crippen molar-refractivity contribution >= 4 is 5.91 Å². The first-order chi connectivity index (χ1) is 8.29. The second-order valence-electron chi connectivity index (χ2n) is 4.97. The number of carbonyl (C=O) groups excluding carboxylic acids is 1. The number of carbonyl (C=O) groups is 1. The maximum absolute atomic E-state index is 11.8. The van der Waals surface area contributed by atoms with E-state index >= 15 is 0 Å². The zero-order valence-corrected chi connectivity index (χ0v) is 9.67. The van der Waals surface area contributed by atoms with E-state index in [2.05, 4.69) is 20.7 Å². The molecule has 2 bridgehead atoms. The van der Waals surface area contributed by atoms with E-state index in [1.807, 2.05) is 0 Å². The van der Waals surface area contributed by atoms with Crippen molar-refractivity contribution in [3.05, 3.63) is 12.7 Å². The van der Waals surface area contributed by atoms with Gasteiger partial charge in [0.05, 0.1) is 0 Å². The molecule has 1 aromatic heterocycles. The average molecular weight is 235 g/mol. The summed E-state index contributed by atoms with van der Waals surface area (Å²) in [7, 11) is 0. The molecule has 2 aliphatic rings. The Bertz CT molecular complexity index is 379. The molecular formula is C11H17N5O. The first-order valence-corrected chi connectivity index (χ1v) is 6.17. The largest absolute Gasteiger partial charge is 0.352 e. The third kappa shape index (κ3) is 2.46. The fraction of sp³-hybridized carbons (Fsp3) is 0.727. The SMILES string of the molecule is O=C(Cn1cncn1)NC1CC2CCC(C1)N2. The van der Waals surface area contributed by atoms with Crippen molar-refractivity contribution < 1.29 is 4.79 Å². The van der Waals surface area contributed by atoms with E-state index in [9.17, 15) is 4.79 Å². The number of fused-ring (bicyclic) bond motifs is 2. The van der Waals surface area contributed by atoms with Crippen molar-refractivity contribution in [3.63, 3.8) is 0 Å². The van der Waals surface area contributed by atoms with Crippen LogP contribution in [-0.2, 0) is 11.3 Å². The number of rotatable bonds is 3. The highest BCUT2D eigenvalue weighted by Gasteiger charge is 2.33. The van der Waals surface area contributed by atoms with Crippen LogP contribution in [0.25, 0.3) is 0 Å². The summed E-state index contributed by atoms with van der Waals surface area (Å²) in [5.74, 6) is 0.0294. The lowest BCUT2D eigenvalue weighted by Gasteiger charge is -2.29. The Morgan fingerprint density at radius 1 is 1.41 bits per heavy atom. The minimum Gasteiger partial charge on any atom is -0.352 e. The zero-order valence-electron chi connectivity index (χ0n) is 9.67. The van der Waals surface area contributed by atoms with Gasteiger partial charge in [0.25, 0.3) is 0 Å². The van der Waals surface area contributed by atoms with Gasteiger partial charge >= 0.3 is 0 Å². The summed E-state index contributed by atoms with van der Waals surface area (Å²) in [5, 5.41) is 10.6. The fourth-order valence-electron chi connectivity index (χ4n) is 2.91. The minimum atomic E-state index is 0.0294. The number of nitrogens with zero attached hydrogens (tertiary/aromatic N) is 3. The Hall–Kier alpha value is -1.43. The monoisotopic (exact) mass is 235 g/mol. The van der Waals surface area contributed by atoms with Gasteiger partial charge in [-0.15, -0.1) is 0 Å². The third-order valence-electron chi connectivity index (χ3n) is 3.61. The minimum absolute atomic E-state index is 0.0294. The van der Waals surface area contributed by atoms with Gasteiger partial charge in [-0.1, -0.05) is 0 Å². The van der Waals surface area contributed by atoms with E-state index in [1.54, 1.807) is 11.0 Å². The Morgan fingerprint density at radius 3 is 2.82 bits per heavy atom. The molecule has 0 saturated carbocycles. The number of aromatic nitrogens is 3. The van der Waals surface area contributed by atoms with Gasteiger partial charge in [-0.05, 0) is 25.7 Å². The van der Waals surface area contributed by atoms with Crippen LogP contribution in [0.2, 0.25) is 0 Å². The molecule has 6 nitrogen and oxygen atoms in total. The molecule has 0 radical (unpaired) electrons. The summed E-state index contributed by atoms with van der Waals surface area (Å²) in [5.41, 5.74) is 0. The second-order valence-corrected chi connectivity index (χ2v) is 4.97. The number of hydrogen-bond acceptors (Lipinski definition) is 4. The van der Waals surface area contributed by atoms with Gasteiger partial charge in [0, 0.05) is 18.1 Å². The average Bonchev–Trinajstić information content (AvgIpc) is 2.89. The summed E-state index contributed by atoms with van der Waals surface area (Å²) in [6, 6.07) is 1.53. The first-order valence-electron chi connectivity index (χ1n) is 6.17. The highest BCUT2D eigenvalue weighted by molar-refractivity contribution is 5.75. The van der Waals surface area contributed by atoms with Crippen LogP contribution < -0.4 is 10.6 Å². The molecule has 2 unspecified atom stereocenters. The number of amides is 1. The standard InChI is InChI=1S/C11H17N5O/c17-11(5-16-7-12-6-13-16)15-10-3-8-1-2-9(4-10)14-8/h6-10,14H,1-5H2,(H,15,17). The summed E-state index contributed by atoms with van der Waals surface area (Å²) < 4.78 is 1.55. The van der Waals surface area contributed by atoms with E-state index in [0.717, 1.165) is 12.8 Å². The molecule has 2 aliphatic heterocycles. The smallest absolute Gasteiger partial charge is 0.242 e. The van der Waals surface area contributed by atoms with Gasteiger partial charge in [-0.25, -0.2) is 9.67 Å². The molecule has 2 atom stereocenters. The van der Waals surface area contributed by atoms with Crippen molar-refractivity contribution in [2.75, 3.05) is 0 Å². The highest BCUT2D eigenvalue weighted by Crippen LogP contribution is 2.26. The van der Waals surface area contributed by atoms with Crippen LogP contribution in [0.5, 0.6) is 0 Å². The van der Waals surface area contributed by atoms with Gasteiger partial charge in [0.1, 0.15) is 19.2 Å². The fourth-order valence-corrected chi connectivity index (χ4v) is 2.91. The Balaban J connectivity index is 1.51. The van der Waals surface area contributed by atoms with E-state index in [4.69, 9.17) is 0 Å². The van der Waals surface area contributed by atoms with E-state index < -0.39 is 0 Å². The molecule has 6 heteroatoms. The molecule has 1 amide bonds. The van der Waals surface area contributed by atoms with Crippen LogP contribution in [0.4, 0.5) is 0 Å². The molecule has 0 aliphatic carbocycles. The molecule has 3 heterocycles. The van der Waals surface area contributed by atoms with Gasteiger partial charge in [-0.3, -0.25) is 4.79 Å². The van der Waals surface area contributed by atoms with Crippen LogP contribution in [0.1, 0.15) is 25.7 Å². The maximum Gasteiger partial charge on any atom is 0.242 e. The van der Waals surface area contributed by atoms with Crippen LogP contribution in [0.15, 0.2) is 12.7 Å². The van der Waals surface area contributed by atoms with Crippen LogP contribution in [0.3, 0.4) is 0 Å². The zero-order chi connectivity index (χ0) is 11.7. The van der Waals surface area contributed by atoms with E-state index in [1.165, 1.54) is 19.2 Å². The molecule has 2 N–H and O–H groups in total. The molecular weight excluding hydrogens is 218 g/mol. The lowest BCUT2D eigenvalue weighted by molar-refractivity contribution is -0.122. The van der Waals surface area contributed by atoms with Crippen LogP contribution >= 0.6 is 0 Å². The van der Waals surface area contributed by atoms with Gasteiger partial charge in [-0.2, -0.15) is 5.10 Å². The van der Waals surface area contributed by atoms with E-state index in [-0.39, 0.29) is 12.5 Å². The normalized spacial score (nSPS) is 31.4. The number of piperidine rings is 1. The van der Waals surface area contributed by atoms with Crippen molar-refractivity contribution in [1.29, 1.82) is 0 Å². The Morgan fingerprint density at radius 2 is 2.18 bits per heavy atom. The van der Waals surface area contributed by atoms with Gasteiger partial charge in [0.15, 0.2) is 0 Å². The molecule has 0 spiro atoms. The molecule has 2 fully saturated rings. The summed E-state index contributed by atoms with van der Waals surface area (Å²) >= 11 is 0. The number of nitrogens with one attached hydrogen (secondary N) is 2. The molecule has 0 aromatic carbocycles. The molecule has 2 saturated heterocycles. The lowest BCUT2D eigenvalue weighted by Crippen LogP contribution is -2.48. The highest BCUT2D eigenvalue weighted by atomic mass is 16.2. The van der Waals surface area contributed by atoms with E-state index in [0.29, 0.717) is 18.1 Å². The summed E-state index contributed by atoms with van der Waals surface area (Å²) in [6.45, 7) is 0.263. The Labute approximate surface area is 99.8 Å². The number of hydrogen-bond donors (Lipinski definition) is 2. The summed E-state index contributed by atoms with van der Waals surface area (Å²) in [6.07, 6.45) is 7.61. The maximum atomic E-state index is 11.8. The van der Waals surface area contributed by atoms with Crippen molar-refractivity contribution in [2.24, 2.45) is 0 Å². The topological polar surface area (TPSA) is 71.8 Å². The predicted molar refractivity (Wildman–Crippen MR) is 61.1 cm³/mol. The summed E-state index contributed by atoms with van der Waals surface area (Å²) in [4.78, 5) is 15.6. The second kappa shape index (κ2) is 4.44. The molecule has 3 rings (SSSR count). The first kappa shape index (κ1) is 10.7. The van der Waals surface area contributed by atoms with Crippen LogP contribution in [-0.4, -0.2) is 38.8 Å². The Kier molecular flexibility index (Phi) is 2.80. The van der Waals surface area contributed by atoms with Crippen LogP contribution in [0, 0.1) is 0 Å². The van der Waals surface area contributed by atoms with Crippen molar-refractivity contribution in [2.45, 2.75) is 50.4 Å². The predicted octanol–water partition coefficient (Wildman–Crippen LogP) is -0.323. The molecule has 92 valence electrons. The van der Waals surface area contributed by atoms with Gasteiger partial charge in [0.2, 0.25) is 5.91 Å². The quantitative estimate of drug-likeness (QED) is 0.753. The third-order valence-corrected chi connectivity index (χ3v) is 3.61. The molecule has 17 heavy (non-hydrogen) atoms.